The molecule has 2 heterocycles. The molecule has 1 aliphatic rings. The highest BCUT2D eigenvalue weighted by Gasteiger charge is 2.25. The van der Waals surface area contributed by atoms with Crippen molar-refractivity contribution in [3.05, 3.63) is 83.2 Å². The minimum atomic E-state index is -0.1000. The second-order valence-corrected chi connectivity index (χ2v) is 9.91. The fraction of sp³-hybridized carbons (Fsp3) is 0.250. The molecule has 0 fully saturated rings. The van der Waals surface area contributed by atoms with Gasteiger partial charge in [0, 0.05) is 29.1 Å². The Morgan fingerprint density at radius 1 is 1.14 bits per heavy atom. The Hall–Kier alpha value is -4.09. The number of nitrogens with one attached hydrogen (secondary N) is 1. The highest BCUT2D eigenvalue weighted by atomic mass is 32.1. The maximum atomic E-state index is 12.8. The molecule has 36 heavy (non-hydrogen) atoms. The summed E-state index contributed by atoms with van der Waals surface area (Å²) in [6.45, 7) is 3.86. The van der Waals surface area contributed by atoms with Crippen molar-refractivity contribution in [2.75, 3.05) is 0 Å². The lowest BCUT2D eigenvalue weighted by Gasteiger charge is -2.27. The Kier molecular flexibility index (Phi) is 6.74. The summed E-state index contributed by atoms with van der Waals surface area (Å²) in [5, 5.41) is 23.3. The Morgan fingerprint density at radius 3 is 2.72 bits per heavy atom. The van der Waals surface area contributed by atoms with Crippen LogP contribution < -0.4 is 10.1 Å². The molecule has 2 aromatic heterocycles. The Morgan fingerprint density at radius 2 is 1.94 bits per heavy atom. The normalized spacial score (nSPS) is 14.7. The van der Waals surface area contributed by atoms with Crippen molar-refractivity contribution >= 4 is 17.2 Å². The summed E-state index contributed by atoms with van der Waals surface area (Å²) < 4.78 is 5.74. The number of ether oxygens (including phenoxy) is 1. The van der Waals surface area contributed by atoms with E-state index in [1.807, 2.05) is 32.0 Å². The van der Waals surface area contributed by atoms with Crippen molar-refractivity contribution in [1.29, 1.82) is 5.26 Å². The first-order valence-electron chi connectivity index (χ1n) is 11.9. The van der Waals surface area contributed by atoms with Gasteiger partial charge in [-0.15, -0.1) is 10.2 Å². The van der Waals surface area contributed by atoms with Crippen molar-refractivity contribution in [2.24, 2.45) is 0 Å². The van der Waals surface area contributed by atoms with E-state index in [2.05, 4.69) is 38.7 Å². The van der Waals surface area contributed by atoms with Gasteiger partial charge in [0.15, 0.2) is 0 Å². The maximum Gasteiger partial charge on any atom is 0.251 e. The van der Waals surface area contributed by atoms with Gasteiger partial charge in [-0.05, 0) is 74.6 Å². The zero-order valence-electron chi connectivity index (χ0n) is 20.1. The molecule has 0 aliphatic heterocycles. The molecule has 1 N–H and O–H groups in total. The molecule has 1 aliphatic carbocycles. The van der Waals surface area contributed by atoms with Crippen LogP contribution in [0.15, 0.2) is 60.9 Å². The molecule has 4 aromatic rings. The molecule has 180 valence electrons. The predicted molar refractivity (Wildman–Crippen MR) is 139 cm³/mol. The predicted octanol–water partition coefficient (Wildman–Crippen LogP) is 5.73. The van der Waals surface area contributed by atoms with E-state index in [-0.39, 0.29) is 18.1 Å². The molecule has 5 rings (SSSR count). The Balaban J connectivity index is 1.43. The number of aromatic nitrogens is 3. The monoisotopic (exact) mass is 495 g/mol. The number of amides is 1. The quantitative estimate of drug-likeness (QED) is 0.366. The summed E-state index contributed by atoms with van der Waals surface area (Å²) in [6, 6.07) is 17.3. The highest BCUT2D eigenvalue weighted by Crippen LogP contribution is 2.39. The van der Waals surface area contributed by atoms with Crippen LogP contribution in [-0.4, -0.2) is 27.2 Å². The molecule has 0 radical (unpaired) electrons. The largest absolute Gasteiger partial charge is 0.490 e. The summed E-state index contributed by atoms with van der Waals surface area (Å²) in [6.07, 6.45) is 6.01. The van der Waals surface area contributed by atoms with Crippen LogP contribution in [-0.2, 0) is 6.42 Å². The first kappa shape index (κ1) is 23.6. The van der Waals surface area contributed by atoms with Gasteiger partial charge in [-0.2, -0.15) is 5.26 Å². The zero-order valence-corrected chi connectivity index (χ0v) is 20.9. The molecular weight excluding hydrogens is 470 g/mol. The average molecular weight is 496 g/mol. The molecular formula is C28H25N5O2S. The molecule has 0 bridgehead atoms. The van der Waals surface area contributed by atoms with Crippen molar-refractivity contribution < 1.29 is 9.53 Å². The van der Waals surface area contributed by atoms with Gasteiger partial charge in [-0.3, -0.25) is 9.78 Å². The summed E-state index contributed by atoms with van der Waals surface area (Å²) in [7, 11) is 0. The van der Waals surface area contributed by atoms with Crippen molar-refractivity contribution in [3.8, 4) is 33.0 Å². The maximum absolute atomic E-state index is 12.8. The minimum Gasteiger partial charge on any atom is -0.490 e. The summed E-state index contributed by atoms with van der Waals surface area (Å²) in [5.74, 6) is 0.468. The van der Waals surface area contributed by atoms with E-state index in [0.717, 1.165) is 46.0 Å². The summed E-state index contributed by atoms with van der Waals surface area (Å²) in [4.78, 5) is 16.8. The molecule has 0 spiro atoms. The van der Waals surface area contributed by atoms with Gasteiger partial charge in [-0.1, -0.05) is 29.5 Å². The van der Waals surface area contributed by atoms with Crippen LogP contribution in [0.1, 0.15) is 59.8 Å². The van der Waals surface area contributed by atoms with E-state index in [0.29, 0.717) is 16.9 Å². The van der Waals surface area contributed by atoms with Gasteiger partial charge in [0.2, 0.25) is 0 Å². The van der Waals surface area contributed by atoms with Crippen LogP contribution >= 0.6 is 11.3 Å². The van der Waals surface area contributed by atoms with Crippen LogP contribution in [0.2, 0.25) is 0 Å². The molecule has 1 atom stereocenters. The lowest BCUT2D eigenvalue weighted by atomic mass is 9.85. The first-order valence-corrected chi connectivity index (χ1v) is 12.7. The summed E-state index contributed by atoms with van der Waals surface area (Å²) >= 11 is 1.50. The van der Waals surface area contributed by atoms with Crippen LogP contribution in [0.5, 0.6) is 5.75 Å². The molecule has 0 saturated carbocycles. The van der Waals surface area contributed by atoms with Gasteiger partial charge in [0.05, 0.1) is 17.7 Å². The van der Waals surface area contributed by atoms with Crippen LogP contribution in [0.4, 0.5) is 0 Å². The lowest BCUT2D eigenvalue weighted by Crippen LogP contribution is -2.31. The number of rotatable bonds is 6. The number of pyridine rings is 1. The van der Waals surface area contributed by atoms with E-state index in [1.54, 1.807) is 30.6 Å². The number of carbonyl (C=O) groups is 1. The average Bonchev–Trinajstić information content (AvgIpc) is 3.39. The van der Waals surface area contributed by atoms with Gasteiger partial charge in [0.1, 0.15) is 21.8 Å². The second kappa shape index (κ2) is 10.3. The standard InChI is InChI=1S/C28H25N5O2S/c1-17(2)35-25-10-9-19(15-20(25)16-29)27-32-33-28(36-27)23-7-3-6-22-21(23)5-4-8-24(22)31-26(34)18-11-13-30-14-12-18/h3,6-7,9-15,17,24H,4-5,8H2,1-2H3,(H,31,34)/t24-/m0/s1. The van der Waals surface area contributed by atoms with E-state index < -0.39 is 0 Å². The van der Waals surface area contributed by atoms with Crippen LogP contribution in [0.3, 0.4) is 0 Å². The van der Waals surface area contributed by atoms with Crippen molar-refractivity contribution in [3.63, 3.8) is 0 Å². The summed E-state index contributed by atoms with van der Waals surface area (Å²) in [5.41, 5.74) is 5.27. The number of nitrogens with zero attached hydrogens (tertiary/aromatic N) is 4. The number of hydrogen-bond donors (Lipinski definition) is 1. The van der Waals surface area contributed by atoms with Gasteiger partial charge < -0.3 is 10.1 Å². The molecule has 7 nitrogen and oxygen atoms in total. The van der Waals surface area contributed by atoms with Crippen molar-refractivity contribution in [1.82, 2.24) is 20.5 Å². The van der Waals surface area contributed by atoms with Gasteiger partial charge in [0.25, 0.3) is 5.91 Å². The number of hydrogen-bond acceptors (Lipinski definition) is 7. The molecule has 0 saturated heterocycles. The fourth-order valence-electron chi connectivity index (χ4n) is 4.50. The molecule has 0 unspecified atom stereocenters. The van der Waals surface area contributed by atoms with Gasteiger partial charge >= 0.3 is 0 Å². The van der Waals surface area contributed by atoms with E-state index >= 15 is 0 Å². The van der Waals surface area contributed by atoms with Crippen molar-refractivity contribution in [2.45, 2.75) is 45.3 Å². The minimum absolute atomic E-state index is 0.0151. The second-order valence-electron chi connectivity index (χ2n) is 8.93. The number of fused-ring (bicyclic) bond motifs is 1. The van der Waals surface area contributed by atoms with E-state index in [1.165, 1.54) is 16.9 Å². The molecule has 2 aromatic carbocycles. The third kappa shape index (κ3) is 4.83. The smallest absolute Gasteiger partial charge is 0.251 e. The van der Waals surface area contributed by atoms with Crippen LogP contribution in [0, 0.1) is 11.3 Å². The zero-order chi connectivity index (χ0) is 25.1. The lowest BCUT2D eigenvalue weighted by molar-refractivity contribution is 0.0932. The third-order valence-corrected chi connectivity index (χ3v) is 7.13. The first-order chi connectivity index (χ1) is 17.5. The molecule has 8 heteroatoms. The van der Waals surface area contributed by atoms with E-state index in [4.69, 9.17) is 4.74 Å². The Labute approximate surface area is 213 Å². The number of carbonyl (C=O) groups excluding carboxylic acids is 1. The number of benzene rings is 2. The third-order valence-electron chi connectivity index (χ3n) is 6.12. The van der Waals surface area contributed by atoms with E-state index in [9.17, 15) is 10.1 Å². The van der Waals surface area contributed by atoms with Crippen LogP contribution in [0.25, 0.3) is 21.1 Å². The number of nitriles is 1. The fourth-order valence-corrected chi connectivity index (χ4v) is 5.39. The highest BCUT2D eigenvalue weighted by molar-refractivity contribution is 7.17. The SMILES string of the molecule is CC(C)Oc1ccc(-c2nnc(-c3cccc4c3CCC[C@@H]4NC(=O)c3ccncc3)s2)cc1C#N. The topological polar surface area (TPSA) is 101 Å². The molecule has 1 amide bonds. The Bertz CT molecular complexity index is 1440. The van der Waals surface area contributed by atoms with Gasteiger partial charge in [-0.25, -0.2) is 0 Å².